The van der Waals surface area contributed by atoms with Crippen LogP contribution in [0.1, 0.15) is 0 Å². The average Bonchev–Trinajstić information content (AvgIpc) is 2.39. The van der Waals surface area contributed by atoms with Crippen LogP contribution in [0.2, 0.25) is 0 Å². The molecule has 0 rings (SSSR count). The van der Waals surface area contributed by atoms with Crippen LogP contribution in [0.4, 0.5) is 0 Å². The van der Waals surface area contributed by atoms with Crippen molar-refractivity contribution in [2.45, 2.75) is 0 Å². The minimum atomic E-state index is 0. The zero-order valence-corrected chi connectivity index (χ0v) is 10.3. The molecule has 0 bridgehead atoms. The zero-order valence-electron chi connectivity index (χ0n) is 10.3. The van der Waals surface area contributed by atoms with Crippen molar-refractivity contribution in [1.82, 2.24) is 0 Å². The van der Waals surface area contributed by atoms with Gasteiger partial charge in [-0.05, 0) is 11.0 Å². The highest BCUT2D eigenvalue weighted by Gasteiger charge is 1.44. The minimum absolute atomic E-state index is 0. The van der Waals surface area contributed by atoms with Crippen molar-refractivity contribution >= 4 is 11.0 Å². The molecule has 0 aliphatic rings. The third-order valence-corrected chi connectivity index (χ3v) is 0.667. The number of nitrogens with two attached hydrogens (primary N) is 4. The summed E-state index contributed by atoms with van der Waals surface area (Å²) < 4.78 is 0. The molecule has 0 radical (unpaired) electrons. The number of rotatable bonds is 4. The van der Waals surface area contributed by atoms with E-state index in [0.717, 1.165) is 0 Å². The quantitative estimate of drug-likeness (QED) is 0.387. The summed E-state index contributed by atoms with van der Waals surface area (Å²) in [5.41, 5.74) is 19.6. The van der Waals surface area contributed by atoms with Crippen LogP contribution in [-0.4, -0.2) is 37.1 Å². The van der Waals surface area contributed by atoms with Crippen LogP contribution >= 0.6 is 0 Å². The molecule has 0 aliphatic heterocycles. The van der Waals surface area contributed by atoms with E-state index in [9.17, 15) is 0 Å². The topological polar surface area (TPSA) is 104 Å². The van der Waals surface area contributed by atoms with Crippen LogP contribution in [0.15, 0.2) is 50.6 Å². The van der Waals surface area contributed by atoms with Crippen molar-refractivity contribution in [3.05, 3.63) is 50.6 Å². The molecular formula is C12H32N4Si. The molecule has 5 heteroatoms. The molecule has 0 heterocycles. The normalized spacial score (nSPS) is 5.88. The van der Waals surface area contributed by atoms with E-state index in [2.05, 4.69) is 26.3 Å². The molecule has 8 N–H and O–H groups in total. The molecule has 0 amide bonds. The van der Waals surface area contributed by atoms with Crippen LogP contribution in [0.25, 0.3) is 0 Å². The standard InChI is InChI=1S/4C3H7N.H4Si/c4*1-2-3-4;/h4*2H,1,3-4H2;1H4. The maximum Gasteiger partial charge on any atom is 0.0104 e. The Labute approximate surface area is 111 Å². The number of hydrogen-bond acceptors (Lipinski definition) is 4. The van der Waals surface area contributed by atoms with Crippen molar-refractivity contribution in [2.75, 3.05) is 26.2 Å². The van der Waals surface area contributed by atoms with Crippen molar-refractivity contribution in [1.29, 1.82) is 0 Å². The fraction of sp³-hybridized carbons (Fsp3) is 0.333. The van der Waals surface area contributed by atoms with Gasteiger partial charge >= 0.3 is 0 Å². The highest BCUT2D eigenvalue weighted by atomic mass is 28.1. The van der Waals surface area contributed by atoms with Gasteiger partial charge in [0.1, 0.15) is 0 Å². The lowest BCUT2D eigenvalue weighted by Gasteiger charge is -1.61. The van der Waals surface area contributed by atoms with Crippen molar-refractivity contribution < 1.29 is 0 Å². The van der Waals surface area contributed by atoms with Gasteiger partial charge < -0.3 is 22.9 Å². The van der Waals surface area contributed by atoms with E-state index < -0.39 is 0 Å². The van der Waals surface area contributed by atoms with E-state index in [-0.39, 0.29) is 11.0 Å². The van der Waals surface area contributed by atoms with E-state index in [1.165, 1.54) is 0 Å². The van der Waals surface area contributed by atoms with Crippen LogP contribution in [-0.2, 0) is 0 Å². The molecule has 0 aromatic carbocycles. The van der Waals surface area contributed by atoms with Gasteiger partial charge in [0.2, 0.25) is 0 Å². The molecule has 0 aromatic heterocycles. The van der Waals surface area contributed by atoms with Crippen molar-refractivity contribution in [3.8, 4) is 0 Å². The Kier molecular flexibility index (Phi) is 105. The molecule has 4 nitrogen and oxygen atoms in total. The Morgan fingerprint density at radius 2 is 0.588 bits per heavy atom. The molecule has 0 unspecified atom stereocenters. The zero-order chi connectivity index (χ0) is 13.7. The van der Waals surface area contributed by atoms with E-state index in [4.69, 9.17) is 22.9 Å². The first-order chi connectivity index (χ1) is 7.66. The van der Waals surface area contributed by atoms with Crippen LogP contribution < -0.4 is 22.9 Å². The summed E-state index contributed by atoms with van der Waals surface area (Å²) in [5.74, 6) is 0. The molecule has 0 fully saturated rings. The SMILES string of the molecule is C=CCN.C=CCN.C=CCN.C=CCN.[SiH4]. The van der Waals surface area contributed by atoms with Crippen molar-refractivity contribution in [3.63, 3.8) is 0 Å². The smallest absolute Gasteiger partial charge is 0.0104 e. The van der Waals surface area contributed by atoms with Crippen LogP contribution in [0, 0.1) is 0 Å². The maximum atomic E-state index is 4.91. The van der Waals surface area contributed by atoms with E-state index in [1.807, 2.05) is 0 Å². The van der Waals surface area contributed by atoms with Gasteiger partial charge in [-0.25, -0.2) is 0 Å². The Hall–Kier alpha value is -0.983. The second-order valence-corrected chi connectivity index (χ2v) is 2.10. The Morgan fingerprint density at radius 3 is 0.588 bits per heavy atom. The summed E-state index contributed by atoms with van der Waals surface area (Å²) >= 11 is 0. The highest BCUT2D eigenvalue weighted by molar-refractivity contribution is 5.75. The van der Waals surface area contributed by atoms with E-state index in [0.29, 0.717) is 26.2 Å². The first-order valence-electron chi connectivity index (χ1n) is 4.90. The van der Waals surface area contributed by atoms with Gasteiger partial charge in [0, 0.05) is 26.2 Å². The molecule has 104 valence electrons. The summed E-state index contributed by atoms with van der Waals surface area (Å²) in [7, 11) is 0. The van der Waals surface area contributed by atoms with E-state index >= 15 is 0 Å². The lowest BCUT2D eigenvalue weighted by molar-refractivity contribution is 1.26. The third kappa shape index (κ3) is 280. The van der Waals surface area contributed by atoms with Gasteiger partial charge in [-0.3, -0.25) is 0 Å². The highest BCUT2D eigenvalue weighted by Crippen LogP contribution is 1.41. The number of hydrogen-bond donors (Lipinski definition) is 4. The first-order valence-corrected chi connectivity index (χ1v) is 4.90. The van der Waals surface area contributed by atoms with Gasteiger partial charge in [0.15, 0.2) is 0 Å². The third-order valence-electron chi connectivity index (χ3n) is 0.667. The molecule has 0 spiro atoms. The molecule has 0 saturated carbocycles. The Morgan fingerprint density at radius 1 is 0.529 bits per heavy atom. The summed E-state index contributed by atoms with van der Waals surface area (Å²) in [5, 5.41) is 0. The summed E-state index contributed by atoms with van der Waals surface area (Å²) in [6.45, 7) is 15.8. The van der Waals surface area contributed by atoms with Crippen LogP contribution in [0.3, 0.4) is 0 Å². The summed E-state index contributed by atoms with van der Waals surface area (Å²) in [4.78, 5) is 0. The fourth-order valence-corrected chi connectivity index (χ4v) is 0. The molecular weight excluding hydrogens is 228 g/mol. The van der Waals surface area contributed by atoms with Gasteiger partial charge in [-0.15, -0.1) is 26.3 Å². The fourth-order valence-electron chi connectivity index (χ4n) is 0. The first kappa shape index (κ1) is 29.8. The predicted molar refractivity (Wildman–Crippen MR) is 88.3 cm³/mol. The average molecular weight is 261 g/mol. The molecule has 0 aliphatic carbocycles. The predicted octanol–water partition coefficient (Wildman–Crippen LogP) is -0.927. The summed E-state index contributed by atoms with van der Waals surface area (Å²) in [6.07, 6.45) is 6.61. The Balaban J connectivity index is -0.0000000369. The summed E-state index contributed by atoms with van der Waals surface area (Å²) in [6, 6.07) is 0. The van der Waals surface area contributed by atoms with Gasteiger partial charge in [-0.1, -0.05) is 24.3 Å². The molecule has 0 aromatic rings. The van der Waals surface area contributed by atoms with Gasteiger partial charge in [-0.2, -0.15) is 0 Å². The van der Waals surface area contributed by atoms with Gasteiger partial charge in [0.25, 0.3) is 0 Å². The molecule has 0 atom stereocenters. The van der Waals surface area contributed by atoms with E-state index in [1.54, 1.807) is 24.3 Å². The molecule has 17 heavy (non-hydrogen) atoms. The van der Waals surface area contributed by atoms with Gasteiger partial charge in [0.05, 0.1) is 0 Å². The lowest BCUT2D eigenvalue weighted by atomic mass is 10.7. The Bertz CT molecular complexity index is 106. The van der Waals surface area contributed by atoms with Crippen molar-refractivity contribution in [2.24, 2.45) is 22.9 Å². The monoisotopic (exact) mass is 260 g/mol. The maximum absolute atomic E-state index is 4.91. The van der Waals surface area contributed by atoms with Crippen LogP contribution in [0.5, 0.6) is 0 Å². The minimum Gasteiger partial charge on any atom is -0.327 e. The second-order valence-electron chi connectivity index (χ2n) is 2.10. The second kappa shape index (κ2) is 59.9. The largest absolute Gasteiger partial charge is 0.327 e. The molecule has 0 saturated heterocycles. The lowest BCUT2D eigenvalue weighted by Crippen LogP contribution is -1.90.